The third-order valence-corrected chi connectivity index (χ3v) is 4.34. The number of hydrogen-bond donors (Lipinski definition) is 1. The summed E-state index contributed by atoms with van der Waals surface area (Å²) in [6.07, 6.45) is 0. The second-order valence-corrected chi connectivity index (χ2v) is 6.12. The highest BCUT2D eigenvalue weighted by Crippen LogP contribution is 2.25. The van der Waals surface area contributed by atoms with E-state index in [1.54, 1.807) is 18.3 Å². The molecule has 0 amide bonds. The molecule has 0 aliphatic heterocycles. The maximum atomic E-state index is 8.92. The highest BCUT2D eigenvalue weighted by molar-refractivity contribution is 9.10. The van der Waals surface area contributed by atoms with Gasteiger partial charge in [0, 0.05) is 20.3 Å². The lowest BCUT2D eigenvalue weighted by Gasteiger charge is -2.11. The van der Waals surface area contributed by atoms with Crippen LogP contribution in [0.5, 0.6) is 5.75 Å². The smallest absolute Gasteiger partial charge is 0.129 e. The van der Waals surface area contributed by atoms with Crippen molar-refractivity contribution in [2.45, 2.75) is 20.5 Å². The fourth-order valence-corrected chi connectivity index (χ4v) is 3.05. The number of rotatable bonds is 4. The molecule has 1 heterocycles. The van der Waals surface area contributed by atoms with Gasteiger partial charge in [0.25, 0.3) is 0 Å². The van der Waals surface area contributed by atoms with Crippen LogP contribution >= 0.6 is 27.3 Å². The zero-order valence-electron chi connectivity index (χ0n) is 10.7. The zero-order chi connectivity index (χ0) is 13.8. The summed E-state index contributed by atoms with van der Waals surface area (Å²) >= 11 is 5.06. The number of hydrogen-bond acceptors (Lipinski definition) is 4. The Hall–Kier alpha value is -1.33. The molecule has 0 bridgehead atoms. The maximum Gasteiger partial charge on any atom is 0.129 e. The van der Waals surface area contributed by atoms with E-state index in [1.165, 1.54) is 0 Å². The number of thiophene rings is 1. The van der Waals surface area contributed by atoms with E-state index in [4.69, 9.17) is 9.94 Å². The first kappa shape index (κ1) is 14.1. The Morgan fingerprint density at radius 1 is 1.42 bits per heavy atom. The molecule has 1 aromatic carbocycles. The number of benzene rings is 1. The Labute approximate surface area is 124 Å². The predicted molar refractivity (Wildman–Crippen MR) is 81.5 cm³/mol. The van der Waals surface area contributed by atoms with Crippen LogP contribution in [-0.4, -0.2) is 10.9 Å². The molecular formula is C14H14BrNO2S. The number of halogens is 1. The maximum absolute atomic E-state index is 8.92. The topological polar surface area (TPSA) is 41.8 Å². The van der Waals surface area contributed by atoms with E-state index in [9.17, 15) is 0 Å². The molecule has 100 valence electrons. The highest BCUT2D eigenvalue weighted by Gasteiger charge is 2.08. The average molecular weight is 340 g/mol. The first-order valence-corrected chi connectivity index (χ1v) is 7.43. The molecule has 0 saturated heterocycles. The summed E-state index contributed by atoms with van der Waals surface area (Å²) in [5, 5.41) is 14.2. The molecule has 0 unspecified atom stereocenters. The second-order valence-electron chi connectivity index (χ2n) is 4.20. The molecule has 1 aromatic heterocycles. The van der Waals surface area contributed by atoms with Crippen molar-refractivity contribution in [2.24, 2.45) is 5.16 Å². The normalized spacial score (nSPS) is 11.6. The van der Waals surface area contributed by atoms with Crippen LogP contribution in [0.2, 0.25) is 0 Å². The van der Waals surface area contributed by atoms with E-state index in [1.807, 2.05) is 36.6 Å². The quantitative estimate of drug-likeness (QED) is 0.502. The van der Waals surface area contributed by atoms with Crippen LogP contribution < -0.4 is 4.74 Å². The van der Waals surface area contributed by atoms with Crippen molar-refractivity contribution in [1.82, 2.24) is 0 Å². The van der Waals surface area contributed by atoms with Gasteiger partial charge in [0.05, 0.1) is 5.71 Å². The fourth-order valence-electron chi connectivity index (χ4n) is 1.68. The minimum Gasteiger partial charge on any atom is -0.487 e. The van der Waals surface area contributed by atoms with Crippen LogP contribution in [-0.2, 0) is 6.61 Å². The van der Waals surface area contributed by atoms with E-state index in [2.05, 4.69) is 21.1 Å². The lowest BCUT2D eigenvalue weighted by Crippen LogP contribution is -2.02. The van der Waals surface area contributed by atoms with Crippen LogP contribution in [0.15, 0.2) is 39.3 Å². The summed E-state index contributed by atoms with van der Waals surface area (Å²) < 4.78 is 6.88. The summed E-state index contributed by atoms with van der Waals surface area (Å²) in [5.41, 5.74) is 2.47. The lowest BCUT2D eigenvalue weighted by atomic mass is 10.1. The monoisotopic (exact) mass is 339 g/mol. The van der Waals surface area contributed by atoms with Crippen molar-refractivity contribution in [2.75, 3.05) is 0 Å². The number of oxime groups is 1. The van der Waals surface area contributed by atoms with Gasteiger partial charge >= 0.3 is 0 Å². The van der Waals surface area contributed by atoms with Gasteiger partial charge in [-0.2, -0.15) is 0 Å². The first-order valence-electron chi connectivity index (χ1n) is 5.75. The summed E-state index contributed by atoms with van der Waals surface area (Å²) in [6.45, 7) is 4.25. The largest absolute Gasteiger partial charge is 0.487 e. The third kappa shape index (κ3) is 3.58. The number of nitrogens with zero attached hydrogens (tertiary/aromatic N) is 1. The summed E-state index contributed by atoms with van der Waals surface area (Å²) in [7, 11) is 0. The van der Waals surface area contributed by atoms with Crippen LogP contribution in [0, 0.1) is 6.92 Å². The Morgan fingerprint density at radius 2 is 2.21 bits per heavy atom. The van der Waals surface area contributed by atoms with Gasteiger partial charge in [0.15, 0.2) is 0 Å². The summed E-state index contributed by atoms with van der Waals surface area (Å²) in [5.74, 6) is 0.727. The van der Waals surface area contributed by atoms with Crippen molar-refractivity contribution < 1.29 is 9.94 Å². The van der Waals surface area contributed by atoms with Gasteiger partial charge in [0.1, 0.15) is 12.4 Å². The molecule has 2 rings (SSSR count). The third-order valence-electron chi connectivity index (χ3n) is 2.67. The summed E-state index contributed by atoms with van der Waals surface area (Å²) in [6, 6.07) is 7.87. The summed E-state index contributed by atoms with van der Waals surface area (Å²) in [4.78, 5) is 1.14. The second kappa shape index (κ2) is 6.21. The van der Waals surface area contributed by atoms with E-state index in [-0.39, 0.29) is 0 Å². The van der Waals surface area contributed by atoms with E-state index >= 15 is 0 Å². The number of ether oxygens (including phenoxy) is 1. The molecule has 0 aliphatic carbocycles. The Kier molecular flexibility index (Phi) is 4.61. The van der Waals surface area contributed by atoms with Gasteiger partial charge in [-0.3, -0.25) is 0 Å². The van der Waals surface area contributed by atoms with Crippen LogP contribution in [0.25, 0.3) is 0 Å². The molecule has 0 spiro atoms. The van der Waals surface area contributed by atoms with Crippen molar-refractivity contribution >= 4 is 33.0 Å². The molecule has 19 heavy (non-hydrogen) atoms. The van der Waals surface area contributed by atoms with Crippen LogP contribution in [0.3, 0.4) is 0 Å². The number of aryl methyl sites for hydroxylation is 1. The van der Waals surface area contributed by atoms with Crippen molar-refractivity contribution in [3.05, 3.63) is 50.1 Å². The fraction of sp³-hybridized carbons (Fsp3) is 0.214. The van der Waals surface area contributed by atoms with Crippen LogP contribution in [0.1, 0.15) is 22.9 Å². The van der Waals surface area contributed by atoms with Gasteiger partial charge in [-0.1, -0.05) is 16.8 Å². The standard InChI is InChI=1S/C14H14BrNO2S/c1-9-3-4-14(13(5-9)10(2)16-17)18-7-12-6-11(15)8-19-12/h3-6,8,17H,7H2,1-2H3. The predicted octanol–water partition coefficient (Wildman–Crippen LogP) is 4.60. The molecule has 0 atom stereocenters. The Bertz CT molecular complexity index is 607. The van der Waals surface area contributed by atoms with E-state index in [0.29, 0.717) is 12.3 Å². The molecule has 3 nitrogen and oxygen atoms in total. The Balaban J connectivity index is 2.20. The van der Waals surface area contributed by atoms with Crippen molar-refractivity contribution in [3.8, 4) is 5.75 Å². The average Bonchev–Trinajstić information content (AvgIpc) is 2.82. The van der Waals surface area contributed by atoms with E-state index < -0.39 is 0 Å². The van der Waals surface area contributed by atoms with Crippen LogP contribution in [0.4, 0.5) is 0 Å². The zero-order valence-corrected chi connectivity index (χ0v) is 13.1. The minimum atomic E-state index is 0.505. The van der Waals surface area contributed by atoms with Crippen molar-refractivity contribution in [3.63, 3.8) is 0 Å². The molecule has 0 radical (unpaired) electrons. The first-order chi connectivity index (χ1) is 9.10. The SMILES string of the molecule is CC(=NO)c1cc(C)ccc1OCc1cc(Br)cs1. The van der Waals surface area contributed by atoms with Gasteiger partial charge in [-0.15, -0.1) is 11.3 Å². The van der Waals surface area contributed by atoms with Gasteiger partial charge in [0.2, 0.25) is 0 Å². The molecule has 5 heteroatoms. The molecular weight excluding hydrogens is 326 g/mol. The molecule has 0 saturated carbocycles. The van der Waals surface area contributed by atoms with E-state index in [0.717, 1.165) is 26.2 Å². The molecule has 0 fully saturated rings. The van der Waals surface area contributed by atoms with Gasteiger partial charge < -0.3 is 9.94 Å². The lowest BCUT2D eigenvalue weighted by molar-refractivity contribution is 0.306. The molecule has 2 aromatic rings. The molecule has 1 N–H and O–H groups in total. The highest BCUT2D eigenvalue weighted by atomic mass is 79.9. The van der Waals surface area contributed by atoms with Gasteiger partial charge in [-0.05, 0) is 48.0 Å². The Morgan fingerprint density at radius 3 is 2.84 bits per heavy atom. The minimum absolute atomic E-state index is 0.505. The molecule has 0 aliphatic rings. The van der Waals surface area contributed by atoms with Crippen molar-refractivity contribution in [1.29, 1.82) is 0 Å². The van der Waals surface area contributed by atoms with Gasteiger partial charge in [-0.25, -0.2) is 0 Å².